The number of aliphatic hydroxyl groups is 1. The second-order valence-electron chi connectivity index (χ2n) is 15.6. The number of aromatic nitrogens is 5. The molecule has 12 nitrogen and oxygen atoms in total. The Labute approximate surface area is 294 Å². The minimum Gasteiger partial charge on any atom is -0.484 e. The number of fused-ring (bicyclic) bond motifs is 2. The van der Waals surface area contributed by atoms with E-state index in [9.17, 15) is 14.7 Å². The number of amides is 2. The summed E-state index contributed by atoms with van der Waals surface area (Å²) in [7, 11) is 0. The van der Waals surface area contributed by atoms with Crippen LogP contribution in [0.1, 0.15) is 125 Å². The number of nitrogens with zero attached hydrogens (tertiary/aromatic N) is 6. The van der Waals surface area contributed by atoms with Gasteiger partial charge >= 0.3 is 6.03 Å². The highest BCUT2D eigenvalue weighted by molar-refractivity contribution is 5.94. The summed E-state index contributed by atoms with van der Waals surface area (Å²) in [5, 5.41) is 24.5. The molecule has 0 bridgehead atoms. The molecule has 1 aromatic carbocycles. The lowest BCUT2D eigenvalue weighted by molar-refractivity contribution is 0.0798. The number of carbonyl (C=O) groups is 2. The molecule has 0 unspecified atom stereocenters. The van der Waals surface area contributed by atoms with Crippen molar-refractivity contribution in [2.75, 3.05) is 25.0 Å². The van der Waals surface area contributed by atoms with Gasteiger partial charge in [0.25, 0.3) is 0 Å². The van der Waals surface area contributed by atoms with E-state index in [1.165, 1.54) is 0 Å². The Bertz CT molecular complexity index is 1830. The standard InChI is InChI=1S/C38H50N8O4/c1-37(2,3)31-22-32(41-34(40-31)29(48)12-9-19-45-20-17-24(47)18-21-45)42-36(49)39-28-14-15-30(27-11-8-7-10-26(27)28)50-25-13-16-33-43-44-35(38(4,5)6)46(33)23-25/h7-8,10-11,13,16,22-24,28,30,47H,9,12,14-15,17-21H2,1-6H3,(H2,39,40,41,42,49)/t28-,30+/m0/s1. The minimum atomic E-state index is -0.402. The number of Topliss-reactive ketones (excluding diaryl/α,β-unsaturated/α-hetero) is 1. The van der Waals surface area contributed by atoms with Gasteiger partial charge in [-0.15, -0.1) is 10.2 Å². The summed E-state index contributed by atoms with van der Waals surface area (Å²) in [6, 6.07) is 13.0. The van der Waals surface area contributed by atoms with E-state index in [1.54, 1.807) is 6.07 Å². The highest BCUT2D eigenvalue weighted by Crippen LogP contribution is 2.39. The second kappa shape index (κ2) is 14.4. The fourth-order valence-corrected chi connectivity index (χ4v) is 6.69. The molecule has 2 aliphatic rings. The van der Waals surface area contributed by atoms with Crippen LogP contribution in [0.5, 0.6) is 5.75 Å². The summed E-state index contributed by atoms with van der Waals surface area (Å²) >= 11 is 0. The average Bonchev–Trinajstić information content (AvgIpc) is 3.50. The molecular formula is C38H50N8O4. The van der Waals surface area contributed by atoms with E-state index in [2.05, 4.69) is 62.5 Å². The third-order valence-electron chi connectivity index (χ3n) is 9.49. The molecule has 4 aromatic rings. The van der Waals surface area contributed by atoms with Gasteiger partial charge in [0.05, 0.1) is 24.0 Å². The normalized spacial score (nSPS) is 18.9. The Morgan fingerprint density at radius 2 is 1.66 bits per heavy atom. The molecule has 0 saturated carbocycles. The van der Waals surface area contributed by atoms with E-state index < -0.39 is 6.03 Å². The number of nitrogens with one attached hydrogen (secondary N) is 2. The van der Waals surface area contributed by atoms with Crippen LogP contribution >= 0.6 is 0 Å². The Hall–Kier alpha value is -4.42. The highest BCUT2D eigenvalue weighted by atomic mass is 16.5. The van der Waals surface area contributed by atoms with Crippen LogP contribution in [0.3, 0.4) is 0 Å². The van der Waals surface area contributed by atoms with E-state index in [4.69, 9.17) is 4.74 Å². The molecule has 6 rings (SSSR count). The van der Waals surface area contributed by atoms with Crippen molar-refractivity contribution in [3.63, 3.8) is 0 Å². The molecule has 1 aliphatic carbocycles. The van der Waals surface area contributed by atoms with Gasteiger partial charge in [0.15, 0.2) is 17.3 Å². The van der Waals surface area contributed by atoms with E-state index in [0.717, 1.165) is 60.8 Å². The topological polar surface area (TPSA) is 147 Å². The van der Waals surface area contributed by atoms with Crippen LogP contribution in [0.15, 0.2) is 48.7 Å². The number of pyridine rings is 1. The van der Waals surface area contributed by atoms with Crippen molar-refractivity contribution in [3.8, 4) is 5.75 Å². The van der Waals surface area contributed by atoms with Crippen LogP contribution < -0.4 is 15.4 Å². The number of ketones is 1. The molecule has 2 atom stereocenters. The summed E-state index contributed by atoms with van der Waals surface area (Å²) in [6.45, 7) is 14.8. The van der Waals surface area contributed by atoms with Crippen LogP contribution in [0.2, 0.25) is 0 Å². The summed E-state index contributed by atoms with van der Waals surface area (Å²) in [6.07, 6.45) is 5.44. The molecule has 2 amide bonds. The number of likely N-dealkylation sites (tertiary alicyclic amines) is 1. The third-order valence-corrected chi connectivity index (χ3v) is 9.49. The van der Waals surface area contributed by atoms with Crippen LogP contribution in [-0.4, -0.2) is 72.1 Å². The van der Waals surface area contributed by atoms with Gasteiger partial charge in [0.2, 0.25) is 0 Å². The Kier molecular flexibility index (Phi) is 10.2. The zero-order valence-electron chi connectivity index (χ0n) is 30.1. The van der Waals surface area contributed by atoms with Crippen LogP contribution in [0.25, 0.3) is 5.65 Å². The number of rotatable bonds is 9. The number of benzene rings is 1. The lowest BCUT2D eigenvalue weighted by Gasteiger charge is -2.32. The first kappa shape index (κ1) is 35.4. The first-order valence-electron chi connectivity index (χ1n) is 17.8. The number of anilines is 1. The van der Waals surface area contributed by atoms with E-state index >= 15 is 0 Å². The van der Waals surface area contributed by atoms with Gasteiger partial charge in [0, 0.05) is 36.4 Å². The van der Waals surface area contributed by atoms with Crippen LogP contribution in [-0.2, 0) is 10.8 Å². The quantitative estimate of drug-likeness (QED) is 0.173. The second-order valence-corrected chi connectivity index (χ2v) is 15.6. The molecule has 1 fully saturated rings. The van der Waals surface area contributed by atoms with Gasteiger partial charge in [0.1, 0.15) is 23.5 Å². The van der Waals surface area contributed by atoms with Crippen molar-refractivity contribution >= 4 is 23.3 Å². The molecule has 3 aromatic heterocycles. The number of aliphatic hydroxyl groups excluding tert-OH is 1. The number of urea groups is 1. The molecule has 50 heavy (non-hydrogen) atoms. The number of carbonyl (C=O) groups excluding carboxylic acids is 2. The average molecular weight is 683 g/mol. The largest absolute Gasteiger partial charge is 0.484 e. The first-order valence-corrected chi connectivity index (χ1v) is 17.8. The van der Waals surface area contributed by atoms with Crippen LogP contribution in [0, 0.1) is 0 Å². The van der Waals surface area contributed by atoms with Crippen molar-refractivity contribution < 1.29 is 19.4 Å². The number of ether oxygens (including phenoxy) is 1. The fraction of sp³-hybridized carbons (Fsp3) is 0.526. The van der Waals surface area contributed by atoms with Gasteiger partial charge < -0.3 is 20.1 Å². The Morgan fingerprint density at radius 3 is 2.38 bits per heavy atom. The molecule has 4 heterocycles. The maximum atomic E-state index is 13.5. The van der Waals surface area contributed by atoms with E-state index in [-0.39, 0.29) is 40.7 Å². The minimum absolute atomic E-state index is 0.115. The SMILES string of the molecule is CC(C)(C)c1cc(NC(=O)N[C@H]2CC[C@@H](Oc3ccc4nnc(C(C)(C)C)n4c3)c3ccccc32)nc(C(=O)CCCN2CCC(O)CC2)n1. The molecule has 3 N–H and O–H groups in total. The van der Waals surface area contributed by atoms with E-state index in [0.29, 0.717) is 37.2 Å². The molecule has 1 saturated heterocycles. The maximum Gasteiger partial charge on any atom is 0.320 e. The predicted octanol–water partition coefficient (Wildman–Crippen LogP) is 6.31. The van der Waals surface area contributed by atoms with Gasteiger partial charge in [-0.25, -0.2) is 14.8 Å². The lowest BCUT2D eigenvalue weighted by Crippen LogP contribution is -2.36. The fourth-order valence-electron chi connectivity index (χ4n) is 6.69. The summed E-state index contributed by atoms with van der Waals surface area (Å²) in [4.78, 5) is 38.1. The van der Waals surface area contributed by atoms with Crippen molar-refractivity contribution in [2.45, 2.75) is 109 Å². The Balaban J connectivity index is 1.12. The van der Waals surface area contributed by atoms with Crippen molar-refractivity contribution in [1.29, 1.82) is 0 Å². The molecule has 0 spiro atoms. The van der Waals surface area contributed by atoms with Crippen molar-refractivity contribution in [3.05, 3.63) is 77.1 Å². The molecule has 0 radical (unpaired) electrons. The zero-order chi connectivity index (χ0) is 35.6. The first-order chi connectivity index (χ1) is 23.7. The van der Waals surface area contributed by atoms with Crippen LogP contribution in [0.4, 0.5) is 10.6 Å². The Morgan fingerprint density at radius 1 is 0.920 bits per heavy atom. The van der Waals surface area contributed by atoms with Crippen molar-refractivity contribution in [1.82, 2.24) is 34.8 Å². The molecule has 1 aliphatic heterocycles. The van der Waals surface area contributed by atoms with E-state index in [1.807, 2.05) is 61.7 Å². The smallest absolute Gasteiger partial charge is 0.320 e. The lowest BCUT2D eigenvalue weighted by atomic mass is 9.85. The van der Waals surface area contributed by atoms with Gasteiger partial charge in [-0.1, -0.05) is 65.8 Å². The highest BCUT2D eigenvalue weighted by Gasteiger charge is 2.30. The zero-order valence-corrected chi connectivity index (χ0v) is 30.1. The van der Waals surface area contributed by atoms with Gasteiger partial charge in [-0.05, 0) is 61.9 Å². The summed E-state index contributed by atoms with van der Waals surface area (Å²) in [5.74, 6) is 1.84. The molecular weight excluding hydrogens is 632 g/mol. The predicted molar refractivity (Wildman–Crippen MR) is 192 cm³/mol. The maximum absolute atomic E-state index is 13.5. The summed E-state index contributed by atoms with van der Waals surface area (Å²) in [5.41, 5.74) is 2.94. The van der Waals surface area contributed by atoms with Gasteiger partial charge in [-0.3, -0.25) is 14.5 Å². The van der Waals surface area contributed by atoms with Crippen molar-refractivity contribution in [2.24, 2.45) is 0 Å². The number of piperidine rings is 1. The molecule has 266 valence electrons. The summed E-state index contributed by atoms with van der Waals surface area (Å²) < 4.78 is 8.54. The monoisotopic (exact) mass is 682 g/mol. The molecule has 12 heteroatoms. The number of hydrogen-bond donors (Lipinski definition) is 3. The third kappa shape index (κ3) is 8.30. The number of hydrogen-bond acceptors (Lipinski definition) is 9. The van der Waals surface area contributed by atoms with Gasteiger partial charge in [-0.2, -0.15) is 0 Å².